The first kappa shape index (κ1) is 12.9. The molecule has 2 aromatic rings. The number of piperidine rings is 1. The van der Waals surface area contributed by atoms with E-state index in [1.54, 1.807) is 16.9 Å². The number of nitrogens with one attached hydrogen (secondary N) is 1. The van der Waals surface area contributed by atoms with Crippen molar-refractivity contribution in [3.63, 3.8) is 0 Å². The van der Waals surface area contributed by atoms with Crippen molar-refractivity contribution in [3.05, 3.63) is 35.4 Å². The summed E-state index contributed by atoms with van der Waals surface area (Å²) in [4.78, 5) is 14.6. The lowest BCUT2D eigenvalue weighted by atomic mass is 9.97. The van der Waals surface area contributed by atoms with Gasteiger partial charge in [-0.25, -0.2) is 0 Å². The van der Waals surface area contributed by atoms with E-state index in [2.05, 4.69) is 15.3 Å². The van der Waals surface area contributed by atoms with Gasteiger partial charge in [-0.15, -0.1) is 0 Å². The fraction of sp³-hybridized carbons (Fsp3) is 0.500. The number of nitrogens with zero attached hydrogens (tertiary/aromatic N) is 4. The van der Waals surface area contributed by atoms with Gasteiger partial charge in [0, 0.05) is 19.8 Å². The molecule has 1 atom stereocenters. The van der Waals surface area contributed by atoms with E-state index in [0.29, 0.717) is 5.69 Å². The van der Waals surface area contributed by atoms with Crippen LogP contribution in [-0.4, -0.2) is 37.3 Å². The van der Waals surface area contributed by atoms with Gasteiger partial charge >= 0.3 is 0 Å². The second-order valence-electron chi connectivity index (χ2n) is 5.35. The molecule has 1 unspecified atom stereocenters. The quantitative estimate of drug-likeness (QED) is 0.907. The molecule has 0 radical (unpaired) electrons. The van der Waals surface area contributed by atoms with E-state index in [1.165, 1.54) is 0 Å². The first-order chi connectivity index (χ1) is 9.66. The number of H-pyrrole nitrogens is 1. The van der Waals surface area contributed by atoms with Crippen LogP contribution >= 0.6 is 0 Å². The summed E-state index contributed by atoms with van der Waals surface area (Å²) in [5.74, 6) is 0.00398. The fourth-order valence-corrected chi connectivity index (χ4v) is 2.84. The van der Waals surface area contributed by atoms with Crippen LogP contribution < -0.4 is 0 Å². The number of hydrogen-bond acceptors (Lipinski definition) is 3. The minimum Gasteiger partial charge on any atom is -0.329 e. The van der Waals surface area contributed by atoms with Crippen LogP contribution in [-0.2, 0) is 7.05 Å². The summed E-state index contributed by atoms with van der Waals surface area (Å²) in [7, 11) is 1.82. The normalized spacial score (nSPS) is 19.3. The van der Waals surface area contributed by atoms with E-state index < -0.39 is 0 Å². The van der Waals surface area contributed by atoms with E-state index in [9.17, 15) is 4.79 Å². The molecule has 20 heavy (non-hydrogen) atoms. The van der Waals surface area contributed by atoms with Gasteiger partial charge < -0.3 is 4.90 Å². The minimum atomic E-state index is 0.00398. The fourth-order valence-electron chi connectivity index (χ4n) is 2.84. The lowest BCUT2D eigenvalue weighted by Crippen LogP contribution is -2.39. The van der Waals surface area contributed by atoms with E-state index in [-0.39, 0.29) is 11.9 Å². The molecule has 1 saturated heterocycles. The molecular weight excluding hydrogens is 254 g/mol. The number of amides is 1. The highest BCUT2D eigenvalue weighted by Gasteiger charge is 2.31. The molecule has 1 fully saturated rings. The van der Waals surface area contributed by atoms with Crippen molar-refractivity contribution in [3.8, 4) is 0 Å². The van der Waals surface area contributed by atoms with Crippen LogP contribution in [0.5, 0.6) is 0 Å². The Morgan fingerprint density at radius 2 is 2.30 bits per heavy atom. The first-order valence-electron chi connectivity index (χ1n) is 6.97. The Balaban J connectivity index is 1.89. The highest BCUT2D eigenvalue weighted by molar-refractivity contribution is 5.92. The molecule has 3 heterocycles. The summed E-state index contributed by atoms with van der Waals surface area (Å²) in [6, 6.07) is 1.86. The number of rotatable bonds is 2. The smallest absolute Gasteiger partial charge is 0.274 e. The summed E-state index contributed by atoms with van der Waals surface area (Å²) in [5.41, 5.74) is 2.67. The van der Waals surface area contributed by atoms with Gasteiger partial charge in [0.2, 0.25) is 0 Å². The predicted molar refractivity (Wildman–Crippen MR) is 74.2 cm³/mol. The molecule has 0 spiro atoms. The number of aromatic amines is 1. The monoisotopic (exact) mass is 273 g/mol. The number of aryl methyl sites for hydroxylation is 2. The van der Waals surface area contributed by atoms with E-state index in [0.717, 1.165) is 37.1 Å². The standard InChI is InChI=1S/C14H19N5O/c1-10-9-15-16-13(10)12-5-3-4-7-19(12)14(20)11-6-8-18(2)17-11/h6,8-9,12H,3-5,7H2,1-2H3,(H,15,16). The molecule has 1 aliphatic rings. The van der Waals surface area contributed by atoms with Gasteiger partial charge in [0.15, 0.2) is 0 Å². The largest absolute Gasteiger partial charge is 0.329 e. The second-order valence-corrected chi connectivity index (χ2v) is 5.35. The third-order valence-corrected chi connectivity index (χ3v) is 3.90. The van der Waals surface area contributed by atoms with Gasteiger partial charge in [0.1, 0.15) is 5.69 Å². The van der Waals surface area contributed by atoms with E-state index in [1.807, 2.05) is 25.1 Å². The molecule has 1 N–H and O–H groups in total. The zero-order chi connectivity index (χ0) is 14.1. The van der Waals surface area contributed by atoms with Gasteiger partial charge in [-0.2, -0.15) is 10.2 Å². The van der Waals surface area contributed by atoms with Crippen LogP contribution in [0.25, 0.3) is 0 Å². The molecule has 2 aromatic heterocycles. The average molecular weight is 273 g/mol. The maximum Gasteiger partial charge on any atom is 0.274 e. The van der Waals surface area contributed by atoms with Gasteiger partial charge in [-0.05, 0) is 37.8 Å². The van der Waals surface area contributed by atoms with E-state index >= 15 is 0 Å². The molecule has 0 aliphatic carbocycles. The molecule has 0 aromatic carbocycles. The number of likely N-dealkylation sites (tertiary alicyclic amines) is 1. The van der Waals surface area contributed by atoms with Crippen LogP contribution in [0.15, 0.2) is 18.5 Å². The van der Waals surface area contributed by atoms with Crippen molar-refractivity contribution in [2.24, 2.45) is 7.05 Å². The summed E-state index contributed by atoms with van der Waals surface area (Å²) < 4.78 is 1.66. The van der Waals surface area contributed by atoms with Crippen LogP contribution in [0.1, 0.15) is 47.1 Å². The van der Waals surface area contributed by atoms with Gasteiger partial charge in [0.25, 0.3) is 5.91 Å². The third-order valence-electron chi connectivity index (χ3n) is 3.90. The number of carbonyl (C=O) groups is 1. The van der Waals surface area contributed by atoms with Crippen LogP contribution in [0.4, 0.5) is 0 Å². The average Bonchev–Trinajstić information content (AvgIpc) is 3.07. The Morgan fingerprint density at radius 1 is 1.45 bits per heavy atom. The Bertz CT molecular complexity index is 615. The van der Waals surface area contributed by atoms with Crippen molar-refractivity contribution >= 4 is 5.91 Å². The lowest BCUT2D eigenvalue weighted by Gasteiger charge is -2.35. The SMILES string of the molecule is Cc1cn[nH]c1C1CCCCN1C(=O)c1ccn(C)n1. The van der Waals surface area contributed by atoms with Crippen molar-refractivity contribution in [1.29, 1.82) is 0 Å². The van der Waals surface area contributed by atoms with Crippen molar-refractivity contribution < 1.29 is 4.79 Å². The second kappa shape index (κ2) is 5.11. The first-order valence-corrected chi connectivity index (χ1v) is 6.97. The highest BCUT2D eigenvalue weighted by Crippen LogP contribution is 2.32. The van der Waals surface area contributed by atoms with Crippen LogP contribution in [0.3, 0.4) is 0 Å². The zero-order valence-corrected chi connectivity index (χ0v) is 11.8. The summed E-state index contributed by atoms with van der Waals surface area (Å²) in [6.07, 6.45) is 6.76. The van der Waals surface area contributed by atoms with Gasteiger partial charge in [-0.3, -0.25) is 14.6 Å². The lowest BCUT2D eigenvalue weighted by molar-refractivity contribution is 0.0598. The Kier molecular flexibility index (Phi) is 3.30. The van der Waals surface area contributed by atoms with Crippen molar-refractivity contribution in [1.82, 2.24) is 24.9 Å². The summed E-state index contributed by atoms with van der Waals surface area (Å²) in [6.45, 7) is 2.80. The molecule has 1 amide bonds. The zero-order valence-electron chi connectivity index (χ0n) is 11.8. The molecule has 0 bridgehead atoms. The molecular formula is C14H19N5O. The molecule has 3 rings (SSSR count). The number of hydrogen-bond donors (Lipinski definition) is 1. The van der Waals surface area contributed by atoms with Crippen LogP contribution in [0.2, 0.25) is 0 Å². The third kappa shape index (κ3) is 2.21. The van der Waals surface area contributed by atoms with E-state index in [4.69, 9.17) is 0 Å². The summed E-state index contributed by atoms with van der Waals surface area (Å²) in [5, 5.41) is 11.4. The van der Waals surface area contributed by atoms with Crippen LogP contribution in [0, 0.1) is 6.92 Å². The minimum absolute atomic E-state index is 0.00398. The maximum atomic E-state index is 12.6. The van der Waals surface area contributed by atoms with Crippen molar-refractivity contribution in [2.75, 3.05) is 6.54 Å². The Labute approximate surface area is 117 Å². The maximum absolute atomic E-state index is 12.6. The van der Waals surface area contributed by atoms with Crippen molar-refractivity contribution in [2.45, 2.75) is 32.2 Å². The summed E-state index contributed by atoms with van der Waals surface area (Å²) >= 11 is 0. The van der Waals surface area contributed by atoms with Gasteiger partial charge in [0.05, 0.1) is 17.9 Å². The van der Waals surface area contributed by atoms with Gasteiger partial charge in [-0.1, -0.05) is 0 Å². The molecule has 0 saturated carbocycles. The molecule has 106 valence electrons. The highest BCUT2D eigenvalue weighted by atomic mass is 16.2. The molecule has 6 heteroatoms. The molecule has 1 aliphatic heterocycles. The Hall–Kier alpha value is -2.11. The topological polar surface area (TPSA) is 66.8 Å². The molecule has 6 nitrogen and oxygen atoms in total. The number of aromatic nitrogens is 4. The number of carbonyl (C=O) groups excluding carboxylic acids is 1. The Morgan fingerprint density at radius 3 is 2.95 bits per heavy atom. The predicted octanol–water partition coefficient (Wildman–Crippen LogP) is 1.82.